The zero-order valence-electron chi connectivity index (χ0n) is 13.2. The molecule has 4 bridgehead atoms. The average Bonchev–Trinajstić information content (AvgIpc) is 2.50. The number of ether oxygens (including phenoxy) is 1. The molecule has 1 aromatic heterocycles. The van der Waals surface area contributed by atoms with E-state index in [1.807, 2.05) is 0 Å². The van der Waals surface area contributed by atoms with Gasteiger partial charge in [0.15, 0.2) is 29.6 Å². The van der Waals surface area contributed by atoms with Crippen LogP contribution in [0.3, 0.4) is 0 Å². The lowest BCUT2D eigenvalue weighted by Gasteiger charge is -2.56. The fourth-order valence-electron chi connectivity index (χ4n) is 5.26. The predicted molar refractivity (Wildman–Crippen MR) is 94.0 cm³/mol. The summed E-state index contributed by atoms with van der Waals surface area (Å²) in [4.78, 5) is 29.8. The van der Waals surface area contributed by atoms with Gasteiger partial charge >= 0.3 is 5.69 Å². The van der Waals surface area contributed by atoms with Gasteiger partial charge in [0, 0.05) is 5.54 Å². The molecule has 8 heteroatoms. The number of aromatic amines is 1. The number of H-pyrrole nitrogens is 1. The van der Waals surface area contributed by atoms with Crippen molar-refractivity contribution < 1.29 is 12.6 Å². The lowest BCUT2D eigenvalue weighted by molar-refractivity contribution is -0.128. The molecule has 5 rings (SSSR count). The van der Waals surface area contributed by atoms with Crippen molar-refractivity contribution in [3.05, 3.63) is 16.6 Å². The van der Waals surface area contributed by atoms with Gasteiger partial charge in [-0.05, 0) is 56.3 Å². The summed E-state index contributed by atoms with van der Waals surface area (Å²) in [5.41, 5.74) is -0.603. The molecular weight excluding hydrogens is 425 g/mol. The molecule has 1 heterocycles. The van der Waals surface area contributed by atoms with E-state index in [0.717, 1.165) is 37.0 Å². The van der Waals surface area contributed by atoms with Gasteiger partial charge in [-0.1, -0.05) is 0 Å². The third-order valence-electron chi connectivity index (χ3n) is 5.57. The number of nitrogens with one attached hydrogen (secondary N) is 2. The van der Waals surface area contributed by atoms with Crippen molar-refractivity contribution in [1.82, 2.24) is 15.3 Å². The normalized spacial score (nSPS) is 33.3. The summed E-state index contributed by atoms with van der Waals surface area (Å²) >= 11 is 1.65. The van der Waals surface area contributed by atoms with Crippen molar-refractivity contribution in [2.24, 2.45) is 17.8 Å². The van der Waals surface area contributed by atoms with Gasteiger partial charge < -0.3 is 13.1 Å². The minimum Gasteiger partial charge on any atom is -0.467 e. The summed E-state index contributed by atoms with van der Waals surface area (Å²) < 4.78 is 10.3. The summed E-state index contributed by atoms with van der Waals surface area (Å²) in [7, 11) is 0. The summed E-state index contributed by atoms with van der Waals surface area (Å²) in [5.74, 6) is 2.51. The fourth-order valence-corrected chi connectivity index (χ4v) is 5.50. The average molecular weight is 445 g/mol. The number of amides is 1. The summed E-state index contributed by atoms with van der Waals surface area (Å²) in [6, 6.07) is 1.45. The summed E-state index contributed by atoms with van der Waals surface area (Å²) in [5, 5.41) is 3.23. The first-order valence-electron chi connectivity index (χ1n) is 8.37. The number of halogens is 1. The molecule has 7 nitrogen and oxygen atoms in total. The Morgan fingerprint density at radius 3 is 2.50 bits per heavy atom. The van der Waals surface area contributed by atoms with Crippen molar-refractivity contribution in [2.75, 3.05) is 6.61 Å². The monoisotopic (exact) mass is 445 g/mol. The minimum absolute atomic E-state index is 0.0345. The highest BCUT2D eigenvalue weighted by molar-refractivity contribution is 14.1. The van der Waals surface area contributed by atoms with Gasteiger partial charge in [0.2, 0.25) is 11.8 Å². The van der Waals surface area contributed by atoms with E-state index >= 15 is 0 Å². The van der Waals surface area contributed by atoms with E-state index in [1.165, 1.54) is 25.3 Å². The van der Waals surface area contributed by atoms with Crippen LogP contribution in [-0.4, -0.2) is 28.0 Å². The molecule has 130 valence electrons. The van der Waals surface area contributed by atoms with Gasteiger partial charge in [0.1, 0.15) is 0 Å². The Bertz CT molecular complexity index is 670. The number of aromatic nitrogens is 2. The van der Waals surface area contributed by atoms with Crippen molar-refractivity contribution in [3.8, 4) is 11.8 Å². The van der Waals surface area contributed by atoms with E-state index in [2.05, 4.69) is 15.3 Å². The number of carbonyl (C=O) groups is 1. The van der Waals surface area contributed by atoms with Crippen LogP contribution in [-0.2, 0) is 4.79 Å². The third kappa shape index (κ3) is 3.25. The fraction of sp³-hybridized carbons (Fsp3) is 0.688. The van der Waals surface area contributed by atoms with Crippen molar-refractivity contribution >= 4 is 28.9 Å². The first-order chi connectivity index (χ1) is 11.5. The topological polar surface area (TPSA) is 93.3 Å². The molecule has 0 aliphatic heterocycles. The maximum Gasteiger partial charge on any atom is 0.351 e. The van der Waals surface area contributed by atoms with Crippen LogP contribution in [0.5, 0.6) is 11.8 Å². The number of hydrogen-bond donors (Lipinski definition) is 2. The van der Waals surface area contributed by atoms with Crippen molar-refractivity contribution in [1.29, 1.82) is 0 Å². The molecular formula is C16H20IN3O4. The van der Waals surface area contributed by atoms with E-state index in [4.69, 9.17) is 7.80 Å². The highest BCUT2D eigenvalue weighted by Gasteiger charge is 2.51. The van der Waals surface area contributed by atoms with E-state index in [1.54, 1.807) is 23.0 Å². The molecule has 0 unspecified atom stereocenters. The smallest absolute Gasteiger partial charge is 0.351 e. The second-order valence-electron chi connectivity index (χ2n) is 7.50. The Morgan fingerprint density at radius 1 is 1.29 bits per heavy atom. The molecule has 24 heavy (non-hydrogen) atoms. The molecule has 4 aliphatic carbocycles. The third-order valence-corrected chi connectivity index (χ3v) is 6.05. The lowest BCUT2D eigenvalue weighted by Crippen LogP contribution is -2.60. The van der Waals surface area contributed by atoms with E-state index < -0.39 is 5.69 Å². The second-order valence-corrected chi connectivity index (χ2v) is 7.94. The predicted octanol–water partition coefficient (Wildman–Crippen LogP) is 1.96. The van der Waals surface area contributed by atoms with Crippen LogP contribution in [0.15, 0.2) is 10.9 Å². The Morgan fingerprint density at radius 2 is 1.92 bits per heavy atom. The Hall–Kier alpha value is -1.32. The van der Waals surface area contributed by atoms with Gasteiger partial charge in [-0.15, -0.1) is 0 Å². The molecule has 4 saturated carbocycles. The quantitative estimate of drug-likeness (QED) is 0.677. The largest absolute Gasteiger partial charge is 0.467 e. The summed E-state index contributed by atoms with van der Waals surface area (Å²) in [6.07, 6.45) is 7.30. The highest BCUT2D eigenvalue weighted by Crippen LogP contribution is 2.55. The van der Waals surface area contributed by atoms with Crippen LogP contribution >= 0.6 is 23.0 Å². The van der Waals surface area contributed by atoms with Gasteiger partial charge in [-0.2, -0.15) is 4.98 Å². The SMILES string of the molecule is O=C(COc1cc(OI)[nH]c(=O)n1)NC12CC3CC(CC(C3)C1)C2. The minimum atomic E-state index is -0.569. The zero-order chi connectivity index (χ0) is 16.7. The van der Waals surface area contributed by atoms with Gasteiger partial charge in [-0.3, -0.25) is 9.78 Å². The molecule has 4 aliphatic rings. The molecule has 4 fully saturated rings. The van der Waals surface area contributed by atoms with Crippen molar-refractivity contribution in [2.45, 2.75) is 44.1 Å². The van der Waals surface area contributed by atoms with Crippen LogP contribution in [0.25, 0.3) is 0 Å². The van der Waals surface area contributed by atoms with Gasteiger partial charge in [-0.25, -0.2) is 4.79 Å². The number of hydrogen-bond acceptors (Lipinski definition) is 5. The zero-order valence-corrected chi connectivity index (χ0v) is 15.4. The summed E-state index contributed by atoms with van der Waals surface area (Å²) in [6.45, 7) is -0.140. The van der Waals surface area contributed by atoms with E-state index in [0.29, 0.717) is 0 Å². The molecule has 2 N–H and O–H groups in total. The van der Waals surface area contributed by atoms with E-state index in [9.17, 15) is 9.59 Å². The van der Waals surface area contributed by atoms with Crippen LogP contribution in [0.4, 0.5) is 0 Å². The molecule has 0 spiro atoms. The van der Waals surface area contributed by atoms with Crippen LogP contribution in [0.1, 0.15) is 38.5 Å². The number of rotatable bonds is 5. The molecule has 1 aromatic rings. The maximum absolute atomic E-state index is 12.4. The lowest BCUT2D eigenvalue weighted by atomic mass is 9.53. The Kier molecular flexibility index (Phi) is 4.17. The molecule has 0 saturated heterocycles. The Labute approximate surface area is 153 Å². The van der Waals surface area contributed by atoms with Crippen LogP contribution < -0.4 is 18.8 Å². The van der Waals surface area contributed by atoms with Crippen LogP contribution in [0.2, 0.25) is 0 Å². The highest BCUT2D eigenvalue weighted by atomic mass is 127. The molecule has 0 aromatic carbocycles. The van der Waals surface area contributed by atoms with Crippen molar-refractivity contribution in [3.63, 3.8) is 0 Å². The molecule has 0 radical (unpaired) electrons. The second kappa shape index (κ2) is 6.20. The van der Waals surface area contributed by atoms with E-state index in [-0.39, 0.29) is 29.8 Å². The first kappa shape index (κ1) is 16.2. The van der Waals surface area contributed by atoms with Gasteiger partial charge in [0.25, 0.3) is 5.91 Å². The molecule has 0 atom stereocenters. The van der Waals surface area contributed by atoms with Crippen LogP contribution in [0, 0.1) is 17.8 Å². The van der Waals surface area contributed by atoms with Gasteiger partial charge in [0.05, 0.1) is 6.07 Å². The Balaban J connectivity index is 1.37. The number of nitrogens with zero attached hydrogens (tertiary/aromatic N) is 1. The standard InChI is InChI=1S/C16H20IN3O4/c17-24-14-4-13(18-15(22)19-14)23-8-12(21)20-16-5-9-1-10(6-16)3-11(2-9)7-16/h4,9-11H,1-3,5-8H2,(H,20,21)(H,18,19,22). The maximum atomic E-state index is 12.4. The molecule has 1 amide bonds. The first-order valence-corrected chi connectivity index (χ1v) is 9.25. The number of carbonyl (C=O) groups excluding carboxylic acids is 1.